The number of nitrogens with zero attached hydrogens (tertiary/aromatic N) is 2. The van der Waals surface area contributed by atoms with Gasteiger partial charge in [-0.2, -0.15) is 0 Å². The molecule has 1 aromatic carbocycles. The number of amides is 2. The molecule has 1 spiro atoms. The minimum absolute atomic E-state index is 0.0647. The lowest BCUT2D eigenvalue weighted by Gasteiger charge is -2.52. The Morgan fingerprint density at radius 2 is 1.97 bits per heavy atom. The Morgan fingerprint density at radius 1 is 1.24 bits per heavy atom. The first-order valence-corrected chi connectivity index (χ1v) is 10.6. The molecule has 1 aliphatic heterocycles. The van der Waals surface area contributed by atoms with Gasteiger partial charge in [-0.1, -0.05) is 44.0 Å². The highest BCUT2D eigenvalue weighted by molar-refractivity contribution is 6.05. The molecule has 2 aromatic rings. The second kappa shape index (κ2) is 7.62. The van der Waals surface area contributed by atoms with Gasteiger partial charge >= 0.3 is 0 Å². The third-order valence-corrected chi connectivity index (χ3v) is 6.75. The number of rotatable bonds is 4. The lowest BCUT2D eigenvalue weighted by molar-refractivity contribution is -0.121. The third-order valence-electron chi connectivity index (χ3n) is 6.75. The average Bonchev–Trinajstić information content (AvgIpc) is 3.19. The van der Waals surface area contributed by atoms with Crippen LogP contribution in [-0.4, -0.2) is 33.3 Å². The van der Waals surface area contributed by atoms with Crippen LogP contribution in [0.5, 0.6) is 0 Å². The van der Waals surface area contributed by atoms with Gasteiger partial charge < -0.3 is 10.2 Å². The van der Waals surface area contributed by atoms with Crippen molar-refractivity contribution in [3.05, 3.63) is 59.3 Å². The first-order valence-electron chi connectivity index (χ1n) is 10.6. The predicted molar refractivity (Wildman–Crippen MR) is 114 cm³/mol. The summed E-state index contributed by atoms with van der Waals surface area (Å²) in [4.78, 5) is 33.7. The first kappa shape index (κ1) is 19.6. The van der Waals surface area contributed by atoms with Gasteiger partial charge in [-0.25, -0.2) is 4.98 Å². The summed E-state index contributed by atoms with van der Waals surface area (Å²) < 4.78 is 0. The normalized spacial score (nSPS) is 21.1. The van der Waals surface area contributed by atoms with Crippen molar-refractivity contribution in [3.8, 4) is 0 Å². The fourth-order valence-corrected chi connectivity index (χ4v) is 5.23. The molecular weight excluding hydrogens is 362 g/mol. The van der Waals surface area contributed by atoms with Crippen LogP contribution in [0.4, 0.5) is 5.82 Å². The van der Waals surface area contributed by atoms with E-state index in [1.807, 2.05) is 48.2 Å². The number of hydrogen-bond donors (Lipinski definition) is 1. The van der Waals surface area contributed by atoms with E-state index in [9.17, 15) is 9.59 Å². The number of anilines is 1. The topological polar surface area (TPSA) is 62.3 Å². The van der Waals surface area contributed by atoms with E-state index < -0.39 is 11.5 Å². The van der Waals surface area contributed by atoms with E-state index >= 15 is 0 Å². The van der Waals surface area contributed by atoms with Crippen LogP contribution in [-0.2, 0) is 4.79 Å². The smallest absolute Gasteiger partial charge is 0.254 e. The van der Waals surface area contributed by atoms with E-state index in [1.165, 1.54) is 0 Å². The second-order valence-electron chi connectivity index (χ2n) is 8.42. The van der Waals surface area contributed by atoms with Crippen molar-refractivity contribution in [2.75, 3.05) is 5.32 Å². The average molecular weight is 392 g/mol. The summed E-state index contributed by atoms with van der Waals surface area (Å²) in [5.41, 5.74) is 1.97. The maximum atomic E-state index is 13.7. The van der Waals surface area contributed by atoms with Crippen molar-refractivity contribution in [3.63, 3.8) is 0 Å². The summed E-state index contributed by atoms with van der Waals surface area (Å²) in [5, 5.41) is 3.08. The van der Waals surface area contributed by atoms with E-state index in [-0.39, 0.29) is 17.9 Å². The van der Waals surface area contributed by atoms with Crippen LogP contribution in [0.15, 0.2) is 42.6 Å². The van der Waals surface area contributed by atoms with Crippen LogP contribution in [0.3, 0.4) is 0 Å². The number of nitrogens with one attached hydrogen (secondary N) is 1. The van der Waals surface area contributed by atoms with Crippen molar-refractivity contribution in [1.29, 1.82) is 0 Å². The number of aryl methyl sites for hydroxylation is 1. The molecule has 1 fully saturated rings. The van der Waals surface area contributed by atoms with Crippen LogP contribution < -0.4 is 5.32 Å². The molecule has 0 radical (unpaired) electrons. The molecule has 2 aliphatic rings. The van der Waals surface area contributed by atoms with Crippen LogP contribution in [0.25, 0.3) is 0 Å². The van der Waals surface area contributed by atoms with Gasteiger partial charge in [-0.15, -0.1) is 0 Å². The molecule has 1 saturated carbocycles. The number of pyridine rings is 1. The molecule has 1 N–H and O–H groups in total. The van der Waals surface area contributed by atoms with Crippen molar-refractivity contribution in [2.24, 2.45) is 0 Å². The molecule has 1 aromatic heterocycles. The molecule has 0 unspecified atom stereocenters. The lowest BCUT2D eigenvalue weighted by atomic mass is 9.70. The molecule has 2 heterocycles. The second-order valence-corrected chi connectivity index (χ2v) is 8.42. The Bertz CT molecular complexity index is 933. The van der Waals surface area contributed by atoms with Gasteiger partial charge in [0.2, 0.25) is 5.91 Å². The summed E-state index contributed by atoms with van der Waals surface area (Å²) in [5.74, 6) is 0.196. The van der Waals surface area contributed by atoms with Gasteiger partial charge in [0, 0.05) is 17.8 Å². The zero-order valence-corrected chi connectivity index (χ0v) is 17.4. The summed E-state index contributed by atoms with van der Waals surface area (Å²) >= 11 is 0. The molecule has 5 heteroatoms. The van der Waals surface area contributed by atoms with Crippen LogP contribution in [0.2, 0.25) is 0 Å². The number of carbonyl (C=O) groups excluding carboxylic acids is 2. The molecule has 4 rings (SSSR count). The molecule has 2 atom stereocenters. The minimum atomic E-state index is -0.465. The quantitative estimate of drug-likeness (QED) is 0.823. The first-order chi connectivity index (χ1) is 14.0. The van der Waals surface area contributed by atoms with E-state index in [4.69, 9.17) is 0 Å². The summed E-state index contributed by atoms with van der Waals surface area (Å²) in [7, 11) is 0. The van der Waals surface area contributed by atoms with Crippen molar-refractivity contribution >= 4 is 17.6 Å². The molecule has 2 amide bonds. The highest BCUT2D eigenvalue weighted by Gasteiger charge is 2.56. The number of aromatic nitrogens is 1. The Labute approximate surface area is 172 Å². The Kier molecular flexibility index (Phi) is 5.15. The molecule has 0 saturated heterocycles. The van der Waals surface area contributed by atoms with Gasteiger partial charge in [0.25, 0.3) is 5.91 Å². The van der Waals surface area contributed by atoms with E-state index in [0.29, 0.717) is 11.4 Å². The van der Waals surface area contributed by atoms with Gasteiger partial charge in [0.15, 0.2) is 0 Å². The third kappa shape index (κ3) is 3.13. The van der Waals surface area contributed by atoms with Gasteiger partial charge in [-0.05, 0) is 56.4 Å². The maximum absolute atomic E-state index is 13.7. The fourth-order valence-electron chi connectivity index (χ4n) is 5.23. The minimum Gasteiger partial charge on any atom is -0.329 e. The molecule has 152 valence electrons. The monoisotopic (exact) mass is 391 g/mol. The van der Waals surface area contributed by atoms with Crippen LogP contribution >= 0.6 is 0 Å². The van der Waals surface area contributed by atoms with Crippen LogP contribution in [0.1, 0.15) is 73.4 Å². The zero-order valence-electron chi connectivity index (χ0n) is 17.4. The van der Waals surface area contributed by atoms with E-state index in [0.717, 1.165) is 43.2 Å². The van der Waals surface area contributed by atoms with Gasteiger partial charge in [0.05, 0.1) is 11.5 Å². The molecular formula is C24H29N3O2. The molecule has 5 nitrogen and oxygen atoms in total. The summed E-state index contributed by atoms with van der Waals surface area (Å²) in [6.45, 7) is 6.15. The van der Waals surface area contributed by atoms with Gasteiger partial charge in [-0.3, -0.25) is 9.59 Å². The Balaban J connectivity index is 1.84. The standard InChI is InChI=1S/C24H29N3O2/c1-4-17(3)27-23(29)19-12-6-5-11-18(19)20(24(27)13-7-8-14-24)22(28)26-21-16(2)10-9-15-25-21/h5-6,9-12,15,17,20H,4,7-8,13-14H2,1-3H3,(H,25,26,28)/t17-,20-/m0/s1. The van der Waals surface area contributed by atoms with Crippen molar-refractivity contribution < 1.29 is 9.59 Å². The maximum Gasteiger partial charge on any atom is 0.254 e. The van der Waals surface area contributed by atoms with Crippen LogP contribution in [0, 0.1) is 6.92 Å². The molecule has 0 bridgehead atoms. The number of benzene rings is 1. The summed E-state index contributed by atoms with van der Waals surface area (Å²) in [6, 6.07) is 11.5. The van der Waals surface area contributed by atoms with E-state index in [2.05, 4.69) is 24.1 Å². The zero-order chi connectivity index (χ0) is 20.6. The molecule has 1 aliphatic carbocycles. The van der Waals surface area contributed by atoms with Gasteiger partial charge in [0.1, 0.15) is 5.82 Å². The fraction of sp³-hybridized carbons (Fsp3) is 0.458. The number of carbonyl (C=O) groups is 2. The van der Waals surface area contributed by atoms with E-state index in [1.54, 1.807) is 6.20 Å². The lowest BCUT2D eigenvalue weighted by Crippen LogP contribution is -2.62. The van der Waals surface area contributed by atoms with Crippen molar-refractivity contribution in [2.45, 2.75) is 70.4 Å². The predicted octanol–water partition coefficient (Wildman–Crippen LogP) is 4.68. The van der Waals surface area contributed by atoms with Crippen molar-refractivity contribution in [1.82, 2.24) is 9.88 Å². The highest BCUT2D eigenvalue weighted by Crippen LogP contribution is 2.51. The summed E-state index contributed by atoms with van der Waals surface area (Å²) in [6.07, 6.45) is 6.35. The number of hydrogen-bond acceptors (Lipinski definition) is 3. The Hall–Kier alpha value is -2.69. The molecule has 29 heavy (non-hydrogen) atoms. The SMILES string of the molecule is CC[C@H](C)N1C(=O)c2ccccc2[C@@H](C(=O)Nc2ncccc2C)C12CCCC2. The largest absolute Gasteiger partial charge is 0.329 e. The highest BCUT2D eigenvalue weighted by atomic mass is 16.2. The number of fused-ring (bicyclic) bond motifs is 1. The Morgan fingerprint density at radius 3 is 2.66 bits per heavy atom.